The van der Waals surface area contributed by atoms with Crippen molar-refractivity contribution in [1.29, 1.82) is 0 Å². The molecule has 9 heteroatoms. The van der Waals surface area contributed by atoms with Gasteiger partial charge in [0.05, 0.1) is 18.5 Å². The molecule has 3 rings (SSSR count). The molecule has 1 atom stereocenters. The molecule has 1 saturated heterocycles. The average Bonchev–Trinajstić information content (AvgIpc) is 3.17. The summed E-state index contributed by atoms with van der Waals surface area (Å²) in [6.07, 6.45) is 3.73. The second-order valence-corrected chi connectivity index (χ2v) is 5.85. The lowest BCUT2D eigenvalue weighted by Gasteiger charge is -2.18. The van der Waals surface area contributed by atoms with Crippen LogP contribution in [-0.2, 0) is 4.74 Å². The summed E-state index contributed by atoms with van der Waals surface area (Å²) in [5, 5.41) is 5.98. The summed E-state index contributed by atoms with van der Waals surface area (Å²) >= 11 is 0. The summed E-state index contributed by atoms with van der Waals surface area (Å²) < 4.78 is 18.8. The number of anilines is 3. The van der Waals surface area contributed by atoms with Gasteiger partial charge in [-0.1, -0.05) is 0 Å². The van der Waals surface area contributed by atoms with Crippen molar-refractivity contribution in [2.45, 2.75) is 12.3 Å². The van der Waals surface area contributed by atoms with Gasteiger partial charge >= 0.3 is 0 Å². The lowest BCUT2D eigenvalue weighted by Crippen LogP contribution is -2.27. The Bertz CT molecular complexity index is 709. The molecule has 0 bridgehead atoms. The van der Waals surface area contributed by atoms with Crippen molar-refractivity contribution in [3.05, 3.63) is 30.1 Å². The lowest BCUT2D eigenvalue weighted by atomic mass is 10.1. The highest BCUT2D eigenvalue weighted by atomic mass is 19.1. The smallest absolute Gasteiger partial charge is 0.227 e. The van der Waals surface area contributed by atoms with E-state index in [9.17, 15) is 4.39 Å². The molecule has 2 aromatic rings. The van der Waals surface area contributed by atoms with Crippen molar-refractivity contribution in [2.24, 2.45) is 0 Å². The molecule has 1 aliphatic rings. The number of nitrogens with zero attached hydrogens (tertiary/aromatic N) is 5. The van der Waals surface area contributed by atoms with Gasteiger partial charge in [-0.3, -0.25) is 0 Å². The van der Waals surface area contributed by atoms with E-state index in [1.807, 2.05) is 18.0 Å². The summed E-state index contributed by atoms with van der Waals surface area (Å²) in [4.78, 5) is 18.6. The Labute approximate surface area is 145 Å². The highest BCUT2D eigenvalue weighted by Gasteiger charge is 2.19. The molecule has 2 N–H and O–H groups in total. The first-order valence-corrected chi connectivity index (χ1v) is 8.22. The van der Waals surface area contributed by atoms with Crippen molar-refractivity contribution >= 4 is 17.6 Å². The first kappa shape index (κ1) is 17.3. The van der Waals surface area contributed by atoms with E-state index >= 15 is 0 Å². The highest BCUT2D eigenvalue weighted by Crippen LogP contribution is 2.24. The van der Waals surface area contributed by atoms with Crippen LogP contribution in [0.1, 0.15) is 18.0 Å². The highest BCUT2D eigenvalue weighted by molar-refractivity contribution is 5.42. The fraction of sp³-hybridized carbons (Fsp3) is 0.500. The number of hydrogen-bond donors (Lipinski definition) is 2. The quantitative estimate of drug-likeness (QED) is 0.779. The van der Waals surface area contributed by atoms with Crippen molar-refractivity contribution in [1.82, 2.24) is 19.9 Å². The predicted octanol–water partition coefficient (Wildman–Crippen LogP) is 1.50. The lowest BCUT2D eigenvalue weighted by molar-refractivity contribution is 0.193. The first-order chi connectivity index (χ1) is 12.2. The van der Waals surface area contributed by atoms with Gasteiger partial charge in [0.25, 0.3) is 0 Å². The predicted molar refractivity (Wildman–Crippen MR) is 93.5 cm³/mol. The molecule has 0 radical (unpaired) electrons. The van der Waals surface area contributed by atoms with E-state index in [2.05, 4.69) is 30.6 Å². The van der Waals surface area contributed by atoms with E-state index in [-0.39, 0.29) is 5.82 Å². The SMILES string of the molecule is CNc1nc(N(C)CCNc2cc(C3CCOC3)ncn2)ncc1F. The number of hydrogen-bond acceptors (Lipinski definition) is 8. The summed E-state index contributed by atoms with van der Waals surface area (Å²) in [6, 6.07) is 1.97. The molecule has 0 aliphatic carbocycles. The van der Waals surface area contributed by atoms with Gasteiger partial charge in [0.15, 0.2) is 11.6 Å². The van der Waals surface area contributed by atoms with Crippen LogP contribution in [0.3, 0.4) is 0 Å². The first-order valence-electron chi connectivity index (χ1n) is 8.22. The van der Waals surface area contributed by atoms with Gasteiger partial charge in [0.1, 0.15) is 12.1 Å². The monoisotopic (exact) mass is 347 g/mol. The minimum Gasteiger partial charge on any atom is -0.381 e. The Kier molecular flexibility index (Phi) is 5.54. The zero-order valence-electron chi connectivity index (χ0n) is 14.4. The molecular formula is C16H22FN7O. The van der Waals surface area contributed by atoms with Gasteiger partial charge in [-0.15, -0.1) is 0 Å². The summed E-state index contributed by atoms with van der Waals surface area (Å²) in [5.74, 6) is 1.30. The van der Waals surface area contributed by atoms with Crippen molar-refractivity contribution in [3.8, 4) is 0 Å². The molecule has 2 aromatic heterocycles. The number of ether oxygens (including phenoxy) is 1. The largest absolute Gasteiger partial charge is 0.381 e. The molecule has 0 amide bonds. The van der Waals surface area contributed by atoms with Crippen molar-refractivity contribution in [3.63, 3.8) is 0 Å². The number of rotatable bonds is 7. The van der Waals surface area contributed by atoms with E-state index < -0.39 is 5.82 Å². The van der Waals surface area contributed by atoms with Gasteiger partial charge in [0.2, 0.25) is 5.95 Å². The number of likely N-dealkylation sites (N-methyl/N-ethyl adjacent to an activating group) is 1. The topological polar surface area (TPSA) is 88.1 Å². The van der Waals surface area contributed by atoms with Crippen LogP contribution in [0.2, 0.25) is 0 Å². The maximum atomic E-state index is 13.4. The molecule has 0 spiro atoms. The van der Waals surface area contributed by atoms with Crippen LogP contribution >= 0.6 is 0 Å². The van der Waals surface area contributed by atoms with Crippen molar-refractivity contribution in [2.75, 3.05) is 55.9 Å². The normalized spacial score (nSPS) is 16.7. The van der Waals surface area contributed by atoms with Crippen LogP contribution in [0.5, 0.6) is 0 Å². The molecule has 0 aromatic carbocycles. The summed E-state index contributed by atoms with van der Waals surface area (Å²) in [5.41, 5.74) is 1.00. The Morgan fingerprint density at radius 3 is 3.00 bits per heavy atom. The Morgan fingerprint density at radius 2 is 2.24 bits per heavy atom. The molecule has 1 unspecified atom stereocenters. The number of nitrogens with one attached hydrogen (secondary N) is 2. The van der Waals surface area contributed by atoms with E-state index in [1.165, 1.54) is 6.20 Å². The van der Waals surface area contributed by atoms with Crippen molar-refractivity contribution < 1.29 is 9.13 Å². The van der Waals surface area contributed by atoms with Crippen LogP contribution in [0.4, 0.5) is 22.0 Å². The third kappa shape index (κ3) is 4.30. The van der Waals surface area contributed by atoms with E-state index in [1.54, 1.807) is 13.4 Å². The van der Waals surface area contributed by atoms with Gasteiger partial charge in [0, 0.05) is 45.8 Å². The van der Waals surface area contributed by atoms with Gasteiger partial charge in [-0.2, -0.15) is 4.98 Å². The molecular weight excluding hydrogens is 325 g/mol. The molecule has 25 heavy (non-hydrogen) atoms. The fourth-order valence-electron chi connectivity index (χ4n) is 2.63. The fourth-order valence-corrected chi connectivity index (χ4v) is 2.63. The van der Waals surface area contributed by atoms with Crippen LogP contribution < -0.4 is 15.5 Å². The van der Waals surface area contributed by atoms with E-state index in [0.29, 0.717) is 25.0 Å². The van der Waals surface area contributed by atoms with Gasteiger partial charge < -0.3 is 20.3 Å². The van der Waals surface area contributed by atoms with Crippen LogP contribution in [-0.4, -0.2) is 60.3 Å². The molecule has 1 aliphatic heterocycles. The van der Waals surface area contributed by atoms with Crippen LogP contribution in [0, 0.1) is 5.82 Å². The summed E-state index contributed by atoms with van der Waals surface area (Å²) in [6.45, 7) is 2.79. The number of aromatic nitrogens is 4. The maximum Gasteiger partial charge on any atom is 0.227 e. The second-order valence-electron chi connectivity index (χ2n) is 5.85. The molecule has 134 valence electrons. The summed E-state index contributed by atoms with van der Waals surface area (Å²) in [7, 11) is 3.48. The van der Waals surface area contributed by atoms with E-state index in [4.69, 9.17) is 4.74 Å². The zero-order chi connectivity index (χ0) is 17.6. The Hall–Kier alpha value is -2.55. The Morgan fingerprint density at radius 1 is 1.36 bits per heavy atom. The average molecular weight is 347 g/mol. The van der Waals surface area contributed by atoms with Gasteiger partial charge in [-0.05, 0) is 6.42 Å². The third-order valence-corrected chi connectivity index (χ3v) is 4.10. The second kappa shape index (κ2) is 8.02. The standard InChI is InChI=1S/C16H22FN7O/c1-18-15-12(17)8-20-16(23-15)24(2)5-4-19-14-7-13(21-10-22-14)11-3-6-25-9-11/h7-8,10-11H,3-6,9H2,1-2H3,(H,18,20,23)(H,19,21,22). The Balaban J connectivity index is 1.54. The number of halogens is 1. The van der Waals surface area contributed by atoms with E-state index in [0.717, 1.165) is 31.1 Å². The third-order valence-electron chi connectivity index (χ3n) is 4.10. The molecule has 3 heterocycles. The molecule has 1 fully saturated rings. The van der Waals surface area contributed by atoms with Crippen LogP contribution in [0.25, 0.3) is 0 Å². The molecule has 0 saturated carbocycles. The van der Waals surface area contributed by atoms with Crippen LogP contribution in [0.15, 0.2) is 18.6 Å². The minimum atomic E-state index is -0.470. The zero-order valence-corrected chi connectivity index (χ0v) is 14.4. The maximum absolute atomic E-state index is 13.4. The molecule has 8 nitrogen and oxygen atoms in total. The van der Waals surface area contributed by atoms with Gasteiger partial charge in [-0.25, -0.2) is 19.3 Å². The minimum absolute atomic E-state index is 0.184.